The van der Waals surface area contributed by atoms with Crippen LogP contribution in [0, 0.1) is 11.3 Å². The second-order valence-electron chi connectivity index (χ2n) is 7.71. The number of carbonyl (C=O) groups is 1. The van der Waals surface area contributed by atoms with Gasteiger partial charge in [0, 0.05) is 36.4 Å². The number of nitrogens with zero attached hydrogens (tertiary/aromatic N) is 3. The highest BCUT2D eigenvalue weighted by Gasteiger charge is 2.49. The third kappa shape index (κ3) is 2.80. The van der Waals surface area contributed by atoms with E-state index in [0.717, 1.165) is 49.3 Å². The number of aromatic nitrogens is 3. The van der Waals surface area contributed by atoms with Gasteiger partial charge >= 0.3 is 0 Å². The molecule has 1 aromatic carbocycles. The predicted molar refractivity (Wildman–Crippen MR) is 104 cm³/mol. The summed E-state index contributed by atoms with van der Waals surface area (Å²) in [6, 6.07) is 9.80. The van der Waals surface area contributed by atoms with Crippen molar-refractivity contribution < 1.29 is 4.79 Å². The van der Waals surface area contributed by atoms with Gasteiger partial charge in [0.2, 0.25) is 11.7 Å². The van der Waals surface area contributed by atoms with Crippen LogP contribution in [-0.2, 0) is 4.79 Å². The molecule has 3 heterocycles. The van der Waals surface area contributed by atoms with E-state index in [4.69, 9.17) is 0 Å². The predicted octanol–water partition coefficient (Wildman–Crippen LogP) is 3.11. The molecule has 1 saturated carbocycles. The van der Waals surface area contributed by atoms with Crippen molar-refractivity contribution in [2.24, 2.45) is 11.3 Å². The summed E-state index contributed by atoms with van der Waals surface area (Å²) < 4.78 is 1.90. The second-order valence-corrected chi connectivity index (χ2v) is 7.71. The topological polar surface area (TPSA) is 71.3 Å². The molecule has 3 aromatic rings. The van der Waals surface area contributed by atoms with Gasteiger partial charge < -0.3 is 10.6 Å². The van der Waals surface area contributed by atoms with Gasteiger partial charge in [0.1, 0.15) is 0 Å². The van der Waals surface area contributed by atoms with Gasteiger partial charge in [0.15, 0.2) is 0 Å². The van der Waals surface area contributed by atoms with E-state index in [9.17, 15) is 4.79 Å². The summed E-state index contributed by atoms with van der Waals surface area (Å²) in [6.07, 6.45) is 10.2. The SMILES string of the molecule is O=C(Nc1ccc(-c2cn3cccnc3n2)cc1)[C@@]12CCCC[C@H]1CNC2. The molecule has 2 N–H and O–H groups in total. The smallest absolute Gasteiger partial charge is 0.234 e. The normalized spacial score (nSPS) is 24.7. The van der Waals surface area contributed by atoms with E-state index in [-0.39, 0.29) is 11.3 Å². The average molecular weight is 361 g/mol. The lowest BCUT2D eigenvalue weighted by molar-refractivity contribution is -0.128. The van der Waals surface area contributed by atoms with Gasteiger partial charge in [0.05, 0.1) is 11.1 Å². The summed E-state index contributed by atoms with van der Waals surface area (Å²) >= 11 is 0. The molecule has 2 aliphatic rings. The number of benzene rings is 1. The lowest BCUT2D eigenvalue weighted by Gasteiger charge is -2.37. The molecular formula is C21H23N5O. The first kappa shape index (κ1) is 16.4. The first-order valence-electron chi connectivity index (χ1n) is 9.67. The maximum Gasteiger partial charge on any atom is 0.234 e. The monoisotopic (exact) mass is 361 g/mol. The minimum Gasteiger partial charge on any atom is -0.326 e. The zero-order valence-electron chi connectivity index (χ0n) is 15.2. The maximum absolute atomic E-state index is 13.1. The number of hydrogen-bond acceptors (Lipinski definition) is 4. The Labute approximate surface area is 158 Å². The molecule has 6 nitrogen and oxygen atoms in total. The van der Waals surface area contributed by atoms with Crippen LogP contribution in [0.4, 0.5) is 5.69 Å². The van der Waals surface area contributed by atoms with Crippen LogP contribution >= 0.6 is 0 Å². The fourth-order valence-corrected chi connectivity index (χ4v) is 4.64. The first-order chi connectivity index (χ1) is 13.2. The Balaban J connectivity index is 1.35. The van der Waals surface area contributed by atoms with Gasteiger partial charge in [0.25, 0.3) is 0 Å². The molecule has 1 amide bonds. The van der Waals surface area contributed by atoms with E-state index >= 15 is 0 Å². The number of nitrogens with one attached hydrogen (secondary N) is 2. The van der Waals surface area contributed by atoms with Crippen molar-refractivity contribution in [2.75, 3.05) is 18.4 Å². The highest BCUT2D eigenvalue weighted by atomic mass is 16.2. The van der Waals surface area contributed by atoms with E-state index in [2.05, 4.69) is 20.6 Å². The lowest BCUT2D eigenvalue weighted by atomic mass is 9.67. The van der Waals surface area contributed by atoms with Gasteiger partial charge in [-0.1, -0.05) is 25.0 Å². The highest BCUT2D eigenvalue weighted by molar-refractivity contribution is 5.96. The van der Waals surface area contributed by atoms with E-state index in [1.165, 1.54) is 6.42 Å². The van der Waals surface area contributed by atoms with Gasteiger partial charge in [-0.25, -0.2) is 9.97 Å². The van der Waals surface area contributed by atoms with Crippen LogP contribution in [0.2, 0.25) is 0 Å². The van der Waals surface area contributed by atoms with Gasteiger partial charge in [-0.2, -0.15) is 0 Å². The van der Waals surface area contributed by atoms with Crippen molar-refractivity contribution >= 4 is 17.4 Å². The summed E-state index contributed by atoms with van der Waals surface area (Å²) in [4.78, 5) is 21.9. The van der Waals surface area contributed by atoms with E-state index < -0.39 is 0 Å². The largest absolute Gasteiger partial charge is 0.326 e. The standard InChI is InChI=1S/C21H23N5O/c27-19(21-9-2-1-4-16(21)12-22-14-21)24-17-7-5-15(6-8-17)18-13-26-11-3-10-23-20(26)25-18/h3,5-8,10-11,13,16,22H,1-2,4,9,12,14H2,(H,24,27)/t16-,21+/m0/s1. The number of carbonyl (C=O) groups excluding carboxylic acids is 1. The van der Waals surface area contributed by atoms with Crippen LogP contribution in [-0.4, -0.2) is 33.4 Å². The third-order valence-electron chi connectivity index (χ3n) is 6.16. The molecule has 0 spiro atoms. The Morgan fingerprint density at radius 3 is 3.00 bits per heavy atom. The van der Waals surface area contributed by atoms with Crippen LogP contribution in [0.1, 0.15) is 25.7 Å². The van der Waals surface area contributed by atoms with Crippen LogP contribution in [0.25, 0.3) is 17.0 Å². The number of anilines is 1. The fraction of sp³-hybridized carbons (Fsp3) is 0.381. The van der Waals surface area contributed by atoms with Gasteiger partial charge in [-0.05, 0) is 43.5 Å². The van der Waals surface area contributed by atoms with Crippen molar-refractivity contribution in [3.63, 3.8) is 0 Å². The van der Waals surface area contributed by atoms with E-state index in [1.54, 1.807) is 6.20 Å². The molecule has 0 bridgehead atoms. The van der Waals surface area contributed by atoms with Crippen molar-refractivity contribution in [2.45, 2.75) is 25.7 Å². The van der Waals surface area contributed by atoms with Crippen LogP contribution in [0.3, 0.4) is 0 Å². The lowest BCUT2D eigenvalue weighted by Crippen LogP contribution is -2.44. The number of rotatable bonds is 3. The van der Waals surface area contributed by atoms with E-state index in [0.29, 0.717) is 11.7 Å². The molecule has 2 aromatic heterocycles. The quantitative estimate of drug-likeness (QED) is 0.752. The zero-order chi connectivity index (χ0) is 18.3. The highest BCUT2D eigenvalue weighted by Crippen LogP contribution is 2.44. The Kier molecular flexibility index (Phi) is 3.93. The van der Waals surface area contributed by atoms with Crippen molar-refractivity contribution in [3.05, 3.63) is 48.9 Å². The molecule has 6 heteroatoms. The molecule has 2 fully saturated rings. The molecule has 0 unspecified atom stereocenters. The number of amides is 1. The summed E-state index contributed by atoms with van der Waals surface area (Å²) in [6.45, 7) is 1.77. The van der Waals surface area contributed by atoms with E-state index in [1.807, 2.05) is 47.1 Å². The number of fused-ring (bicyclic) bond motifs is 2. The molecule has 1 aliphatic carbocycles. The van der Waals surface area contributed by atoms with Crippen LogP contribution in [0.15, 0.2) is 48.9 Å². The summed E-state index contributed by atoms with van der Waals surface area (Å²) in [7, 11) is 0. The minimum atomic E-state index is -0.232. The Hall–Kier alpha value is -2.73. The molecule has 1 aliphatic heterocycles. The van der Waals surface area contributed by atoms with Crippen LogP contribution in [0.5, 0.6) is 0 Å². The molecular weight excluding hydrogens is 338 g/mol. The Morgan fingerprint density at radius 1 is 1.26 bits per heavy atom. The molecule has 2 atom stereocenters. The molecule has 0 radical (unpaired) electrons. The first-order valence-corrected chi connectivity index (χ1v) is 9.67. The van der Waals surface area contributed by atoms with Crippen LogP contribution < -0.4 is 10.6 Å². The summed E-state index contributed by atoms with van der Waals surface area (Å²) in [5, 5.41) is 6.60. The number of hydrogen-bond donors (Lipinski definition) is 2. The molecule has 5 rings (SSSR count). The minimum absolute atomic E-state index is 0.168. The molecule has 1 saturated heterocycles. The Bertz CT molecular complexity index is 947. The van der Waals surface area contributed by atoms with Gasteiger partial charge in [-0.3, -0.25) is 9.20 Å². The summed E-state index contributed by atoms with van der Waals surface area (Å²) in [5.41, 5.74) is 2.49. The van der Waals surface area contributed by atoms with Crippen molar-refractivity contribution in [3.8, 4) is 11.3 Å². The molecule has 27 heavy (non-hydrogen) atoms. The Morgan fingerprint density at radius 2 is 2.15 bits per heavy atom. The van der Waals surface area contributed by atoms with Gasteiger partial charge in [-0.15, -0.1) is 0 Å². The second kappa shape index (κ2) is 6.46. The zero-order valence-corrected chi connectivity index (χ0v) is 15.2. The van der Waals surface area contributed by atoms with Crippen molar-refractivity contribution in [1.82, 2.24) is 19.7 Å². The average Bonchev–Trinajstić information content (AvgIpc) is 3.33. The maximum atomic E-state index is 13.1. The third-order valence-corrected chi connectivity index (χ3v) is 6.16. The fourth-order valence-electron chi connectivity index (χ4n) is 4.64. The molecule has 138 valence electrons. The van der Waals surface area contributed by atoms with Crippen molar-refractivity contribution in [1.29, 1.82) is 0 Å². The summed E-state index contributed by atoms with van der Waals surface area (Å²) in [5.74, 6) is 1.32. The number of imidazole rings is 1.